The fourth-order valence-electron chi connectivity index (χ4n) is 1.83. The van der Waals surface area contributed by atoms with Crippen LogP contribution in [-0.4, -0.2) is 14.2 Å². The van der Waals surface area contributed by atoms with Crippen molar-refractivity contribution < 1.29 is 9.47 Å². The minimum atomic E-state index is 0.673. The molecule has 0 aliphatic heterocycles. The van der Waals surface area contributed by atoms with Crippen LogP contribution >= 0.6 is 39.3 Å². The molecule has 0 aliphatic rings. The Hall–Kier alpha value is -1.04. The molecule has 2 N–H and O–H groups in total. The predicted molar refractivity (Wildman–Crippen MR) is 92.7 cm³/mol. The van der Waals surface area contributed by atoms with Gasteiger partial charge in [0, 0.05) is 26.9 Å². The van der Waals surface area contributed by atoms with Gasteiger partial charge >= 0.3 is 0 Å². The number of rotatable bonds is 5. The van der Waals surface area contributed by atoms with Crippen LogP contribution in [-0.2, 0) is 5.75 Å². The van der Waals surface area contributed by atoms with Crippen molar-refractivity contribution in [3.63, 3.8) is 0 Å². The molecule has 0 heterocycles. The Morgan fingerprint density at radius 1 is 1.14 bits per heavy atom. The van der Waals surface area contributed by atoms with E-state index in [2.05, 4.69) is 15.9 Å². The molecule has 112 valence electrons. The van der Waals surface area contributed by atoms with Crippen molar-refractivity contribution in [2.75, 3.05) is 20.0 Å². The Morgan fingerprint density at radius 3 is 2.52 bits per heavy atom. The summed E-state index contributed by atoms with van der Waals surface area (Å²) in [6.07, 6.45) is 0. The van der Waals surface area contributed by atoms with Gasteiger partial charge in [-0.15, -0.1) is 11.8 Å². The number of benzene rings is 2. The van der Waals surface area contributed by atoms with Crippen LogP contribution in [0.25, 0.3) is 0 Å². The van der Waals surface area contributed by atoms with E-state index in [1.54, 1.807) is 32.0 Å². The maximum atomic E-state index is 6.01. The van der Waals surface area contributed by atoms with Crippen LogP contribution in [0.1, 0.15) is 5.56 Å². The van der Waals surface area contributed by atoms with E-state index in [0.717, 1.165) is 26.4 Å². The Morgan fingerprint density at radius 2 is 1.86 bits per heavy atom. The smallest absolute Gasteiger partial charge is 0.133 e. The molecule has 2 rings (SSSR count). The molecule has 3 nitrogen and oxygen atoms in total. The van der Waals surface area contributed by atoms with Gasteiger partial charge in [0.05, 0.1) is 18.7 Å². The van der Waals surface area contributed by atoms with Gasteiger partial charge in [0.2, 0.25) is 0 Å². The zero-order valence-electron chi connectivity index (χ0n) is 11.7. The lowest BCUT2D eigenvalue weighted by atomic mass is 10.2. The van der Waals surface area contributed by atoms with Crippen molar-refractivity contribution in [1.29, 1.82) is 0 Å². The van der Waals surface area contributed by atoms with Gasteiger partial charge in [0.1, 0.15) is 11.5 Å². The third-order valence-corrected chi connectivity index (χ3v) is 4.89. The summed E-state index contributed by atoms with van der Waals surface area (Å²) in [4.78, 5) is 0.950. The fraction of sp³-hybridized carbons (Fsp3) is 0.200. The van der Waals surface area contributed by atoms with Crippen LogP contribution in [0, 0.1) is 0 Å². The maximum absolute atomic E-state index is 6.01. The second-order valence-corrected chi connectivity index (χ2v) is 6.58. The number of nitrogens with two attached hydrogens (primary N) is 1. The molecule has 0 amide bonds. The molecule has 0 bridgehead atoms. The van der Waals surface area contributed by atoms with Crippen LogP contribution in [0.2, 0.25) is 5.02 Å². The molecule has 0 spiro atoms. The summed E-state index contributed by atoms with van der Waals surface area (Å²) < 4.78 is 11.6. The van der Waals surface area contributed by atoms with Crippen LogP contribution < -0.4 is 15.2 Å². The van der Waals surface area contributed by atoms with E-state index in [-0.39, 0.29) is 0 Å². The zero-order chi connectivity index (χ0) is 15.4. The molecule has 0 saturated carbocycles. The Labute approximate surface area is 141 Å². The van der Waals surface area contributed by atoms with Gasteiger partial charge in [-0.05, 0) is 46.3 Å². The monoisotopic (exact) mass is 387 g/mol. The molecular weight excluding hydrogens is 374 g/mol. The Balaban J connectivity index is 2.24. The van der Waals surface area contributed by atoms with E-state index >= 15 is 0 Å². The van der Waals surface area contributed by atoms with Crippen molar-refractivity contribution in [1.82, 2.24) is 0 Å². The summed E-state index contributed by atoms with van der Waals surface area (Å²) in [6, 6.07) is 9.31. The van der Waals surface area contributed by atoms with Gasteiger partial charge in [0.25, 0.3) is 0 Å². The quantitative estimate of drug-likeness (QED) is 0.578. The minimum absolute atomic E-state index is 0.673. The molecule has 2 aromatic carbocycles. The first-order valence-corrected chi connectivity index (χ1v) is 8.29. The normalized spacial score (nSPS) is 10.5. The van der Waals surface area contributed by atoms with Crippen molar-refractivity contribution in [2.24, 2.45) is 0 Å². The average molecular weight is 389 g/mol. The number of hydrogen-bond donors (Lipinski definition) is 1. The lowest BCUT2D eigenvalue weighted by Crippen LogP contribution is -1.94. The molecule has 0 radical (unpaired) electrons. The molecule has 0 atom stereocenters. The van der Waals surface area contributed by atoms with Gasteiger partial charge in [-0.3, -0.25) is 0 Å². The fourth-order valence-corrected chi connectivity index (χ4v) is 3.53. The minimum Gasteiger partial charge on any atom is -0.496 e. The third kappa shape index (κ3) is 3.99. The van der Waals surface area contributed by atoms with E-state index in [4.69, 9.17) is 26.8 Å². The van der Waals surface area contributed by atoms with Crippen molar-refractivity contribution in [2.45, 2.75) is 10.6 Å². The van der Waals surface area contributed by atoms with Gasteiger partial charge in [-0.2, -0.15) is 0 Å². The van der Waals surface area contributed by atoms with E-state index in [9.17, 15) is 0 Å². The maximum Gasteiger partial charge on any atom is 0.133 e. The van der Waals surface area contributed by atoms with Crippen LogP contribution in [0.4, 0.5) is 5.69 Å². The summed E-state index contributed by atoms with van der Waals surface area (Å²) in [5, 5.41) is 0.673. The van der Waals surface area contributed by atoms with Crippen LogP contribution in [0.5, 0.6) is 11.5 Å². The van der Waals surface area contributed by atoms with Gasteiger partial charge in [-0.25, -0.2) is 0 Å². The molecule has 21 heavy (non-hydrogen) atoms. The first kappa shape index (κ1) is 16.3. The zero-order valence-corrected chi connectivity index (χ0v) is 14.8. The number of halogens is 2. The number of ether oxygens (including phenoxy) is 2. The third-order valence-electron chi connectivity index (χ3n) is 2.91. The standard InChI is InChI=1S/C15H15BrClNO2S/c1-19-13-7-11(16)14(20-2)5-9(13)8-21-15-6-10(17)3-4-12(15)18/h3-7H,8,18H2,1-2H3. The molecule has 0 fully saturated rings. The van der Waals surface area contributed by atoms with Gasteiger partial charge < -0.3 is 15.2 Å². The second-order valence-electron chi connectivity index (χ2n) is 4.27. The topological polar surface area (TPSA) is 44.5 Å². The van der Waals surface area contributed by atoms with Crippen molar-refractivity contribution in [3.8, 4) is 11.5 Å². The number of methoxy groups -OCH3 is 2. The predicted octanol–water partition coefficient (Wildman–Crippen LogP) is 4.99. The summed E-state index contributed by atoms with van der Waals surface area (Å²) >= 11 is 11.1. The van der Waals surface area contributed by atoms with Crippen LogP contribution in [0.3, 0.4) is 0 Å². The van der Waals surface area contributed by atoms with Gasteiger partial charge in [-0.1, -0.05) is 11.6 Å². The molecule has 0 saturated heterocycles. The summed E-state index contributed by atoms with van der Waals surface area (Å²) in [7, 11) is 3.29. The molecule has 2 aromatic rings. The number of anilines is 1. The average Bonchev–Trinajstić information content (AvgIpc) is 2.48. The highest BCUT2D eigenvalue weighted by atomic mass is 79.9. The number of hydrogen-bond acceptors (Lipinski definition) is 4. The molecular formula is C15H15BrClNO2S. The summed E-state index contributed by atoms with van der Waals surface area (Å²) in [5.41, 5.74) is 7.71. The summed E-state index contributed by atoms with van der Waals surface area (Å²) in [5.74, 6) is 2.28. The van der Waals surface area contributed by atoms with Crippen molar-refractivity contribution in [3.05, 3.63) is 45.4 Å². The van der Waals surface area contributed by atoms with E-state index in [0.29, 0.717) is 16.5 Å². The van der Waals surface area contributed by atoms with E-state index in [1.165, 1.54) is 0 Å². The van der Waals surface area contributed by atoms with E-state index < -0.39 is 0 Å². The number of thioether (sulfide) groups is 1. The molecule has 0 aromatic heterocycles. The lowest BCUT2D eigenvalue weighted by molar-refractivity contribution is 0.398. The first-order valence-electron chi connectivity index (χ1n) is 6.13. The van der Waals surface area contributed by atoms with E-state index in [1.807, 2.05) is 24.3 Å². The molecule has 0 unspecified atom stereocenters. The largest absolute Gasteiger partial charge is 0.496 e. The highest BCUT2D eigenvalue weighted by Crippen LogP contribution is 2.37. The Kier molecular flexibility index (Phi) is 5.67. The number of nitrogen functional groups attached to an aromatic ring is 1. The first-order chi connectivity index (χ1) is 10.0. The summed E-state index contributed by atoms with van der Waals surface area (Å²) in [6.45, 7) is 0. The SMILES string of the molecule is COc1cc(CSc2cc(Cl)ccc2N)c(OC)cc1Br. The highest BCUT2D eigenvalue weighted by molar-refractivity contribution is 9.10. The van der Waals surface area contributed by atoms with Gasteiger partial charge in [0.15, 0.2) is 0 Å². The highest BCUT2D eigenvalue weighted by Gasteiger charge is 2.11. The lowest BCUT2D eigenvalue weighted by Gasteiger charge is -2.13. The second kappa shape index (κ2) is 7.29. The molecule has 6 heteroatoms. The Bertz CT molecular complexity index is 652. The molecule has 0 aliphatic carbocycles. The van der Waals surface area contributed by atoms with Crippen LogP contribution in [0.15, 0.2) is 39.7 Å². The van der Waals surface area contributed by atoms with Crippen molar-refractivity contribution >= 4 is 45.0 Å².